The Kier molecular flexibility index (Phi) is 28.1. The number of unbranched alkanes of at least 4 members (excludes halogenated alkanes) is 15. The van der Waals surface area contributed by atoms with Crippen LogP contribution in [-0.4, -0.2) is 110 Å². The van der Waals surface area contributed by atoms with Crippen molar-refractivity contribution in [2.45, 2.75) is 204 Å². The normalized spacial score (nSPS) is 23.7. The number of amides is 1. The minimum Gasteiger partial charge on any atom is -0.394 e. The summed E-state index contributed by atoms with van der Waals surface area (Å²) >= 11 is 0. The highest BCUT2D eigenvalue weighted by Gasteiger charge is 2.44. The Morgan fingerprint density at radius 2 is 1.20 bits per heavy atom. The molecule has 9 atom stereocenters. The lowest BCUT2D eigenvalue weighted by Crippen LogP contribution is -2.60. The van der Waals surface area contributed by atoms with Gasteiger partial charge in [-0.2, -0.15) is 0 Å². The van der Waals surface area contributed by atoms with Gasteiger partial charge in [-0.05, 0) is 51.4 Å². The molecule has 0 bridgehead atoms. The molecule has 1 rings (SSSR count). The second-order valence-corrected chi connectivity index (χ2v) is 14.0. The number of hydrogen-bond donors (Lipinski definition) is 8. The van der Waals surface area contributed by atoms with Gasteiger partial charge >= 0.3 is 0 Å². The molecule has 0 aliphatic carbocycles. The van der Waals surface area contributed by atoms with E-state index in [1.807, 2.05) is 0 Å². The largest absolute Gasteiger partial charge is 0.394 e. The van der Waals surface area contributed by atoms with Crippen LogP contribution in [0.25, 0.3) is 0 Å². The molecule has 1 saturated heterocycles. The zero-order valence-electron chi connectivity index (χ0n) is 31.1. The first-order chi connectivity index (χ1) is 24.2. The minimum atomic E-state index is -1.67. The summed E-state index contributed by atoms with van der Waals surface area (Å²) in [4.78, 5) is 13.0. The molecule has 294 valence electrons. The fourth-order valence-electron chi connectivity index (χ4n) is 6.10. The van der Waals surface area contributed by atoms with E-state index in [0.717, 1.165) is 38.5 Å². The SMILES string of the molecule is CCCCCC/C=C/CC/C=C/CCCC(O)C(O)C(COC1OC(CO)C(O)C(O)C1O)NC(=O)C(O)CCCCCCCCCCCC. The summed E-state index contributed by atoms with van der Waals surface area (Å²) in [6.07, 6.45) is 18.2. The van der Waals surface area contributed by atoms with E-state index in [0.29, 0.717) is 19.3 Å². The van der Waals surface area contributed by atoms with Crippen molar-refractivity contribution in [1.29, 1.82) is 0 Å². The van der Waals surface area contributed by atoms with Gasteiger partial charge in [0, 0.05) is 0 Å². The molecule has 0 radical (unpaired) electrons. The molecule has 8 N–H and O–H groups in total. The second-order valence-electron chi connectivity index (χ2n) is 14.0. The van der Waals surface area contributed by atoms with E-state index >= 15 is 0 Å². The van der Waals surface area contributed by atoms with Crippen molar-refractivity contribution in [2.24, 2.45) is 0 Å². The molecule has 0 aromatic carbocycles. The molecule has 11 heteroatoms. The van der Waals surface area contributed by atoms with Gasteiger partial charge in [-0.15, -0.1) is 0 Å². The van der Waals surface area contributed by atoms with E-state index in [1.54, 1.807) is 0 Å². The molecule has 1 heterocycles. The van der Waals surface area contributed by atoms with Gasteiger partial charge in [0.1, 0.15) is 36.6 Å². The third kappa shape index (κ3) is 20.6. The van der Waals surface area contributed by atoms with Gasteiger partial charge in [0.2, 0.25) is 5.91 Å². The Morgan fingerprint density at radius 1 is 0.680 bits per heavy atom. The molecule has 1 aliphatic heterocycles. The lowest BCUT2D eigenvalue weighted by molar-refractivity contribution is -0.303. The molecule has 0 saturated carbocycles. The van der Waals surface area contributed by atoms with Crippen molar-refractivity contribution < 1.29 is 50.0 Å². The summed E-state index contributed by atoms with van der Waals surface area (Å²) in [6.45, 7) is 3.34. The first kappa shape index (κ1) is 46.6. The lowest BCUT2D eigenvalue weighted by atomic mass is 9.98. The quantitative estimate of drug-likeness (QED) is 0.0369. The van der Waals surface area contributed by atoms with Gasteiger partial charge in [-0.25, -0.2) is 0 Å². The molecular weight excluding hydrogens is 642 g/mol. The lowest BCUT2D eigenvalue weighted by Gasteiger charge is -2.40. The molecule has 11 nitrogen and oxygen atoms in total. The van der Waals surface area contributed by atoms with Gasteiger partial charge in [0.05, 0.1) is 25.4 Å². The number of carbonyl (C=O) groups excluding carboxylic acids is 1. The Bertz CT molecular complexity index is 872. The summed E-state index contributed by atoms with van der Waals surface area (Å²) < 4.78 is 11.0. The molecule has 1 amide bonds. The van der Waals surface area contributed by atoms with Crippen LogP contribution in [0.2, 0.25) is 0 Å². The van der Waals surface area contributed by atoms with Crippen molar-refractivity contribution >= 4 is 5.91 Å². The zero-order chi connectivity index (χ0) is 37.0. The number of aliphatic hydroxyl groups excluding tert-OH is 7. The van der Waals surface area contributed by atoms with Crippen molar-refractivity contribution in [3.05, 3.63) is 24.3 Å². The fourth-order valence-corrected chi connectivity index (χ4v) is 6.10. The first-order valence-electron chi connectivity index (χ1n) is 19.7. The molecule has 9 unspecified atom stereocenters. The van der Waals surface area contributed by atoms with Gasteiger partial charge in [0.25, 0.3) is 0 Å². The van der Waals surface area contributed by atoms with E-state index in [-0.39, 0.29) is 12.8 Å². The average molecular weight is 716 g/mol. The van der Waals surface area contributed by atoms with Crippen molar-refractivity contribution in [3.8, 4) is 0 Å². The van der Waals surface area contributed by atoms with Crippen LogP contribution in [0.3, 0.4) is 0 Å². The Hall–Kier alpha value is -1.41. The third-order valence-electron chi connectivity index (χ3n) is 9.48. The third-order valence-corrected chi connectivity index (χ3v) is 9.48. The van der Waals surface area contributed by atoms with E-state index in [9.17, 15) is 40.5 Å². The summed E-state index contributed by atoms with van der Waals surface area (Å²) in [5.41, 5.74) is 0. The number of rotatable bonds is 31. The van der Waals surface area contributed by atoms with Crippen LogP contribution < -0.4 is 5.32 Å². The molecule has 1 fully saturated rings. The Morgan fingerprint density at radius 3 is 1.78 bits per heavy atom. The van der Waals surface area contributed by atoms with Crippen molar-refractivity contribution in [1.82, 2.24) is 5.32 Å². The maximum Gasteiger partial charge on any atom is 0.249 e. The number of nitrogens with one attached hydrogen (secondary N) is 1. The average Bonchev–Trinajstić information content (AvgIpc) is 3.11. The Balaban J connectivity index is 2.61. The number of allylic oxidation sites excluding steroid dienone is 4. The molecule has 0 aromatic rings. The van der Waals surface area contributed by atoms with Gasteiger partial charge in [-0.1, -0.05) is 122 Å². The number of ether oxygens (including phenoxy) is 2. The minimum absolute atomic E-state index is 0.247. The number of hydrogen-bond acceptors (Lipinski definition) is 10. The molecule has 0 aromatic heterocycles. The van der Waals surface area contributed by atoms with Crippen LogP contribution in [-0.2, 0) is 14.3 Å². The summed E-state index contributed by atoms with van der Waals surface area (Å²) in [7, 11) is 0. The van der Waals surface area contributed by atoms with Crippen LogP contribution in [0, 0.1) is 0 Å². The maximum atomic E-state index is 13.0. The highest BCUT2D eigenvalue weighted by molar-refractivity contribution is 5.80. The topological polar surface area (TPSA) is 189 Å². The van der Waals surface area contributed by atoms with Gasteiger partial charge < -0.3 is 50.5 Å². The van der Waals surface area contributed by atoms with Crippen LogP contribution in [0.5, 0.6) is 0 Å². The van der Waals surface area contributed by atoms with E-state index < -0.39 is 74.2 Å². The van der Waals surface area contributed by atoms with Crippen LogP contribution in [0.4, 0.5) is 0 Å². The maximum absolute atomic E-state index is 13.0. The number of carbonyl (C=O) groups is 1. The number of aliphatic hydroxyl groups is 7. The molecular formula is C39H73NO10. The molecule has 50 heavy (non-hydrogen) atoms. The fraction of sp³-hybridized carbons (Fsp3) is 0.872. The van der Waals surface area contributed by atoms with Gasteiger partial charge in [0.15, 0.2) is 6.29 Å². The van der Waals surface area contributed by atoms with Gasteiger partial charge in [-0.3, -0.25) is 4.79 Å². The standard InChI is InChI=1S/C39H73NO10/c1-3-5-7-9-11-13-15-16-17-19-20-22-24-26-31(42)34(44)30(29-49-39-37(47)36(46)35(45)33(28-41)50-39)40-38(48)32(43)27-25-23-21-18-14-12-10-8-6-4-2/h13,15,19-20,30-37,39,41-47H,3-12,14,16-18,21-29H2,1-2H3,(H,40,48)/b15-13+,20-19+. The first-order valence-corrected chi connectivity index (χ1v) is 19.7. The summed E-state index contributed by atoms with van der Waals surface area (Å²) in [5, 5.41) is 75.1. The van der Waals surface area contributed by atoms with Crippen LogP contribution in [0.15, 0.2) is 24.3 Å². The van der Waals surface area contributed by atoms with Crippen LogP contribution >= 0.6 is 0 Å². The van der Waals surface area contributed by atoms with E-state index in [2.05, 4.69) is 43.5 Å². The van der Waals surface area contributed by atoms with E-state index in [4.69, 9.17) is 9.47 Å². The Labute approximate surface area is 302 Å². The second kappa shape index (κ2) is 30.1. The van der Waals surface area contributed by atoms with Crippen molar-refractivity contribution in [3.63, 3.8) is 0 Å². The van der Waals surface area contributed by atoms with E-state index in [1.165, 1.54) is 64.2 Å². The monoisotopic (exact) mass is 716 g/mol. The summed E-state index contributed by atoms with van der Waals surface area (Å²) in [6, 6.07) is -1.18. The van der Waals surface area contributed by atoms with Crippen molar-refractivity contribution in [2.75, 3.05) is 13.2 Å². The summed E-state index contributed by atoms with van der Waals surface area (Å²) in [5.74, 6) is -0.715. The highest BCUT2D eigenvalue weighted by Crippen LogP contribution is 2.23. The predicted molar refractivity (Wildman–Crippen MR) is 196 cm³/mol. The smallest absolute Gasteiger partial charge is 0.249 e. The van der Waals surface area contributed by atoms with Crippen LogP contribution in [0.1, 0.15) is 149 Å². The predicted octanol–water partition coefficient (Wildman–Crippen LogP) is 4.71. The molecule has 1 aliphatic rings. The molecule has 0 spiro atoms. The zero-order valence-corrected chi connectivity index (χ0v) is 31.1. The highest BCUT2D eigenvalue weighted by atomic mass is 16.7.